The van der Waals surface area contributed by atoms with Gasteiger partial charge in [0.05, 0.1) is 0 Å². The van der Waals surface area contributed by atoms with E-state index in [0.717, 1.165) is 5.54 Å². The van der Waals surface area contributed by atoms with Crippen LogP contribution in [0.4, 0.5) is 0 Å². The maximum Gasteiger partial charge on any atom is 0.0456 e. The second kappa shape index (κ2) is 7.17. The standard InChI is InChI=1S/C24H27Si/c1-25(2)24(23-17-16-20-9-4-6-12-22(20)23)13-7-10-19-15-14-18-8-3-5-11-21(18)19/h3-6,8-9,11-12,14-17,19,23-24H,7,10,13H2,1-2H3. The van der Waals surface area contributed by atoms with Gasteiger partial charge in [-0.05, 0) is 34.2 Å². The van der Waals surface area contributed by atoms with Crippen molar-refractivity contribution >= 4 is 20.9 Å². The van der Waals surface area contributed by atoms with Crippen LogP contribution in [0.2, 0.25) is 18.6 Å². The van der Waals surface area contributed by atoms with Crippen molar-refractivity contribution in [2.75, 3.05) is 0 Å². The van der Waals surface area contributed by atoms with Crippen LogP contribution >= 0.6 is 0 Å². The summed E-state index contributed by atoms with van der Waals surface area (Å²) in [6.07, 6.45) is 13.5. The molecule has 0 nitrogen and oxygen atoms in total. The van der Waals surface area contributed by atoms with Crippen LogP contribution in [0.15, 0.2) is 60.7 Å². The van der Waals surface area contributed by atoms with Gasteiger partial charge >= 0.3 is 0 Å². The highest BCUT2D eigenvalue weighted by molar-refractivity contribution is 6.57. The van der Waals surface area contributed by atoms with Gasteiger partial charge in [0.2, 0.25) is 0 Å². The van der Waals surface area contributed by atoms with Crippen LogP contribution in [-0.4, -0.2) is 8.80 Å². The van der Waals surface area contributed by atoms with Crippen molar-refractivity contribution in [1.82, 2.24) is 0 Å². The minimum absolute atomic E-state index is 0.322. The van der Waals surface area contributed by atoms with Crippen molar-refractivity contribution in [1.29, 1.82) is 0 Å². The summed E-state index contributed by atoms with van der Waals surface area (Å²) in [5.41, 5.74) is 6.79. The van der Waals surface area contributed by atoms with Crippen molar-refractivity contribution in [3.8, 4) is 0 Å². The molecule has 0 amide bonds. The lowest BCUT2D eigenvalue weighted by atomic mass is 9.91. The highest BCUT2D eigenvalue weighted by Crippen LogP contribution is 2.43. The number of fused-ring (bicyclic) bond motifs is 2. The third-order valence-corrected chi connectivity index (χ3v) is 8.08. The molecule has 2 aromatic rings. The van der Waals surface area contributed by atoms with Crippen LogP contribution < -0.4 is 0 Å². The molecule has 2 aromatic carbocycles. The van der Waals surface area contributed by atoms with E-state index in [4.69, 9.17) is 0 Å². The highest BCUT2D eigenvalue weighted by atomic mass is 28.3. The largest absolute Gasteiger partial charge is 0.0764 e. The first-order valence-electron chi connectivity index (χ1n) is 9.58. The zero-order valence-corrected chi connectivity index (χ0v) is 16.3. The van der Waals surface area contributed by atoms with E-state index in [9.17, 15) is 0 Å². The molecule has 0 heterocycles. The van der Waals surface area contributed by atoms with E-state index in [2.05, 4.69) is 85.9 Å². The third kappa shape index (κ3) is 3.30. The molecule has 0 spiro atoms. The maximum atomic E-state index is 2.49. The Morgan fingerprint density at radius 2 is 1.48 bits per heavy atom. The number of hydrogen-bond acceptors (Lipinski definition) is 0. The van der Waals surface area contributed by atoms with Gasteiger partial charge in [-0.2, -0.15) is 0 Å². The smallest absolute Gasteiger partial charge is 0.0456 e. The van der Waals surface area contributed by atoms with Gasteiger partial charge in [0.25, 0.3) is 0 Å². The predicted octanol–water partition coefficient (Wildman–Crippen LogP) is 6.90. The fraction of sp³-hybridized carbons (Fsp3) is 0.333. The summed E-state index contributed by atoms with van der Waals surface area (Å²) in [7, 11) is -0.322. The predicted molar refractivity (Wildman–Crippen MR) is 112 cm³/mol. The fourth-order valence-corrected chi connectivity index (χ4v) is 6.38. The minimum atomic E-state index is -0.322. The third-order valence-electron chi connectivity index (χ3n) is 5.95. The molecule has 2 aliphatic rings. The molecular weight excluding hydrogens is 316 g/mol. The molecule has 1 radical (unpaired) electrons. The summed E-state index contributed by atoms with van der Waals surface area (Å²) in [6, 6.07) is 17.8. The maximum absolute atomic E-state index is 2.49. The van der Waals surface area contributed by atoms with Crippen LogP contribution in [0.5, 0.6) is 0 Å². The van der Waals surface area contributed by atoms with Crippen molar-refractivity contribution in [3.63, 3.8) is 0 Å². The number of allylic oxidation sites excluding steroid dienone is 2. The quantitative estimate of drug-likeness (QED) is 0.500. The molecule has 1 heteroatoms. The molecule has 0 N–H and O–H groups in total. The normalized spacial score (nSPS) is 21.6. The molecule has 0 aliphatic heterocycles. The van der Waals surface area contributed by atoms with E-state index in [1.807, 2.05) is 0 Å². The van der Waals surface area contributed by atoms with E-state index in [1.165, 1.54) is 36.0 Å². The van der Waals surface area contributed by atoms with E-state index in [0.29, 0.717) is 11.8 Å². The zero-order valence-electron chi connectivity index (χ0n) is 15.3. The van der Waals surface area contributed by atoms with Gasteiger partial charge in [0, 0.05) is 20.6 Å². The molecule has 25 heavy (non-hydrogen) atoms. The van der Waals surface area contributed by atoms with Gasteiger partial charge < -0.3 is 0 Å². The Labute approximate surface area is 153 Å². The Hall–Kier alpha value is -1.86. The Morgan fingerprint density at radius 1 is 0.840 bits per heavy atom. The second-order valence-corrected chi connectivity index (χ2v) is 10.6. The molecule has 127 valence electrons. The van der Waals surface area contributed by atoms with Crippen molar-refractivity contribution in [2.45, 2.75) is 49.7 Å². The monoisotopic (exact) mass is 343 g/mol. The van der Waals surface area contributed by atoms with Gasteiger partial charge in [0.1, 0.15) is 0 Å². The molecule has 3 atom stereocenters. The van der Waals surface area contributed by atoms with E-state index in [1.54, 1.807) is 5.56 Å². The Kier molecular flexibility index (Phi) is 4.76. The number of rotatable bonds is 6. The van der Waals surface area contributed by atoms with Crippen LogP contribution in [-0.2, 0) is 0 Å². The van der Waals surface area contributed by atoms with Gasteiger partial charge in [-0.25, -0.2) is 0 Å². The molecule has 3 unspecified atom stereocenters. The zero-order chi connectivity index (χ0) is 17.2. The van der Waals surface area contributed by atoms with Crippen LogP contribution in [0.1, 0.15) is 53.4 Å². The lowest BCUT2D eigenvalue weighted by Crippen LogP contribution is -2.18. The molecule has 0 bridgehead atoms. The Bertz CT molecular complexity index is 799. The first-order chi connectivity index (χ1) is 12.2. The SMILES string of the molecule is C[Si](C)C(CCCC1C=Cc2ccccc21)C1C=Cc2ccccc21. The summed E-state index contributed by atoms with van der Waals surface area (Å²) in [5.74, 6) is 1.28. The summed E-state index contributed by atoms with van der Waals surface area (Å²) >= 11 is 0. The number of hydrogen-bond donors (Lipinski definition) is 0. The topological polar surface area (TPSA) is 0 Å². The molecular formula is C24H27Si. The van der Waals surface area contributed by atoms with E-state index < -0.39 is 0 Å². The molecule has 2 aliphatic carbocycles. The lowest BCUT2D eigenvalue weighted by Gasteiger charge is -2.27. The van der Waals surface area contributed by atoms with Gasteiger partial charge in [0.15, 0.2) is 0 Å². The summed E-state index contributed by atoms with van der Waals surface area (Å²) < 4.78 is 0. The Morgan fingerprint density at radius 3 is 2.24 bits per heavy atom. The Balaban J connectivity index is 1.41. The lowest BCUT2D eigenvalue weighted by molar-refractivity contribution is 0.584. The van der Waals surface area contributed by atoms with Crippen molar-refractivity contribution in [2.24, 2.45) is 0 Å². The second-order valence-electron chi connectivity index (χ2n) is 7.72. The average Bonchev–Trinajstić information content (AvgIpc) is 3.23. The highest BCUT2D eigenvalue weighted by Gasteiger charge is 2.28. The van der Waals surface area contributed by atoms with Gasteiger partial charge in [-0.3, -0.25) is 0 Å². The summed E-state index contributed by atoms with van der Waals surface area (Å²) in [5, 5.41) is 0. The van der Waals surface area contributed by atoms with Crippen LogP contribution in [0.25, 0.3) is 12.2 Å². The first-order valence-corrected chi connectivity index (χ1v) is 12.2. The average molecular weight is 344 g/mol. The van der Waals surface area contributed by atoms with Crippen LogP contribution in [0, 0.1) is 0 Å². The molecule has 0 saturated heterocycles. The van der Waals surface area contributed by atoms with Gasteiger partial charge in [-0.15, -0.1) is 0 Å². The number of benzene rings is 2. The molecule has 0 saturated carbocycles. The molecule has 4 rings (SSSR count). The molecule has 0 fully saturated rings. The van der Waals surface area contributed by atoms with Crippen LogP contribution in [0.3, 0.4) is 0 Å². The fourth-order valence-electron chi connectivity index (χ4n) is 4.59. The van der Waals surface area contributed by atoms with Crippen molar-refractivity contribution < 1.29 is 0 Å². The first kappa shape index (κ1) is 16.6. The van der Waals surface area contributed by atoms with E-state index >= 15 is 0 Å². The van der Waals surface area contributed by atoms with Crippen molar-refractivity contribution in [3.05, 3.63) is 82.9 Å². The molecule has 0 aromatic heterocycles. The summed E-state index contributed by atoms with van der Waals surface area (Å²) in [6.45, 7) is 4.99. The van der Waals surface area contributed by atoms with Gasteiger partial charge in [-0.1, -0.05) is 98.8 Å². The minimum Gasteiger partial charge on any atom is -0.0764 e. The summed E-state index contributed by atoms with van der Waals surface area (Å²) in [4.78, 5) is 0. The van der Waals surface area contributed by atoms with E-state index in [-0.39, 0.29) is 8.80 Å².